The van der Waals surface area contributed by atoms with E-state index in [1.807, 2.05) is 13.3 Å². The van der Waals surface area contributed by atoms with Gasteiger partial charge in [-0.05, 0) is 49.5 Å². The first-order valence-electron chi connectivity index (χ1n) is 4.48. The van der Waals surface area contributed by atoms with E-state index in [0.717, 1.165) is 0 Å². The van der Waals surface area contributed by atoms with Crippen LogP contribution in [0.3, 0.4) is 0 Å². The van der Waals surface area contributed by atoms with E-state index < -0.39 is 0 Å². The Labute approximate surface area is 103 Å². The Balaban J connectivity index is 0. The second-order valence-corrected chi connectivity index (χ2v) is 8.94. The van der Waals surface area contributed by atoms with Crippen LogP contribution in [0.15, 0.2) is 0 Å². The average molecular weight is 275 g/mol. The summed E-state index contributed by atoms with van der Waals surface area (Å²) in [7, 11) is 1.89. The van der Waals surface area contributed by atoms with Crippen LogP contribution in [0.5, 0.6) is 0 Å². The van der Waals surface area contributed by atoms with Gasteiger partial charge in [-0.25, -0.2) is 0 Å². The third kappa shape index (κ3) is 15.5. The maximum absolute atomic E-state index is 4.98. The highest BCUT2D eigenvalue weighted by atomic mass is 32.8. The van der Waals surface area contributed by atoms with Crippen molar-refractivity contribution in [1.82, 2.24) is 9.44 Å². The first-order chi connectivity index (χ1) is 6.31. The van der Waals surface area contributed by atoms with Crippen molar-refractivity contribution in [2.75, 3.05) is 13.3 Å². The van der Waals surface area contributed by atoms with E-state index in [2.05, 4.69) is 37.1 Å². The average Bonchev–Trinajstić information content (AvgIpc) is 2.01. The minimum Gasteiger partial charge on any atom is -0.264 e. The van der Waals surface area contributed by atoms with E-state index in [1.165, 1.54) is 0 Å². The van der Waals surface area contributed by atoms with Crippen molar-refractivity contribution in [2.24, 2.45) is 0 Å². The van der Waals surface area contributed by atoms with Gasteiger partial charge in [0.1, 0.15) is 0 Å². The molecule has 0 rings (SSSR count). The van der Waals surface area contributed by atoms with Crippen LogP contribution >= 0.6 is 0 Å². The number of rotatable bonds is 4. The Morgan fingerprint density at radius 3 is 1.50 bits per heavy atom. The molecule has 2 atom stereocenters. The molecule has 2 N–H and O–H groups in total. The molecule has 2 nitrogen and oxygen atoms in total. The Bertz CT molecular complexity index is 180. The standard InChI is InChI=1S/2C4H11NS2/c1-4(2)5-7(3)6;1-4(2)7(6)5-3/h2*4-5H,1-3H3. The molecule has 0 aliphatic heterocycles. The van der Waals surface area contributed by atoms with Crippen molar-refractivity contribution in [3.05, 3.63) is 0 Å². The van der Waals surface area contributed by atoms with Gasteiger partial charge in [0, 0.05) is 11.3 Å². The zero-order valence-electron chi connectivity index (χ0n) is 9.79. The number of hydrogen-bond donors (Lipinski definition) is 2. The number of hydrogen-bond acceptors (Lipinski definition) is 2. The maximum Gasteiger partial charge on any atom is 0.0172 e. The predicted octanol–water partition coefficient (Wildman–Crippen LogP) is 1.22. The lowest BCUT2D eigenvalue weighted by Crippen LogP contribution is -2.22. The normalized spacial score (nSPS) is 14.9. The molecule has 0 aliphatic rings. The monoisotopic (exact) mass is 274 g/mol. The third-order valence-electron chi connectivity index (χ3n) is 1.03. The van der Waals surface area contributed by atoms with Gasteiger partial charge in [0.15, 0.2) is 0 Å². The van der Waals surface area contributed by atoms with Gasteiger partial charge in [-0.2, -0.15) is 0 Å². The van der Waals surface area contributed by atoms with Crippen LogP contribution in [0.1, 0.15) is 27.7 Å². The van der Waals surface area contributed by atoms with E-state index in [-0.39, 0.29) is 19.3 Å². The third-order valence-corrected chi connectivity index (χ3v) is 5.04. The summed E-state index contributed by atoms with van der Waals surface area (Å²) in [6.07, 6.45) is 2.00. The minimum atomic E-state index is -0.0123. The molecule has 6 heteroatoms. The molecule has 0 saturated carbocycles. The van der Waals surface area contributed by atoms with Gasteiger partial charge in [-0.1, -0.05) is 33.1 Å². The molecular formula is C8H22N2S4. The van der Waals surface area contributed by atoms with Crippen molar-refractivity contribution in [3.8, 4) is 0 Å². The van der Waals surface area contributed by atoms with Gasteiger partial charge in [0.2, 0.25) is 0 Å². The van der Waals surface area contributed by atoms with Gasteiger partial charge in [0.05, 0.1) is 0 Å². The van der Waals surface area contributed by atoms with Crippen molar-refractivity contribution < 1.29 is 0 Å². The molecule has 0 spiro atoms. The van der Waals surface area contributed by atoms with Crippen LogP contribution in [-0.4, -0.2) is 24.6 Å². The van der Waals surface area contributed by atoms with Gasteiger partial charge in [-0.3, -0.25) is 9.44 Å². The highest BCUT2D eigenvalue weighted by molar-refractivity contribution is 8.28. The fourth-order valence-corrected chi connectivity index (χ4v) is 2.28. The Kier molecular flexibility index (Phi) is 13.2. The molecule has 2 unspecified atom stereocenters. The van der Waals surface area contributed by atoms with Crippen LogP contribution < -0.4 is 9.44 Å². The quantitative estimate of drug-likeness (QED) is 0.805. The first kappa shape index (κ1) is 17.5. The second kappa shape index (κ2) is 10.6. The van der Waals surface area contributed by atoms with Crippen LogP contribution in [-0.2, 0) is 41.7 Å². The molecule has 88 valence electrons. The summed E-state index contributed by atoms with van der Waals surface area (Å²) < 4.78 is 6.16. The minimum absolute atomic E-state index is 0.00463. The largest absolute Gasteiger partial charge is 0.264 e. The summed E-state index contributed by atoms with van der Waals surface area (Å²) in [5.41, 5.74) is 0. The van der Waals surface area contributed by atoms with Crippen LogP contribution in [0.2, 0.25) is 0 Å². The van der Waals surface area contributed by atoms with Gasteiger partial charge < -0.3 is 0 Å². The van der Waals surface area contributed by atoms with Gasteiger partial charge >= 0.3 is 0 Å². The molecule has 0 aromatic heterocycles. The molecule has 0 fully saturated rings. The summed E-state index contributed by atoms with van der Waals surface area (Å²) in [5, 5.41) is 0.597. The Hall–Kier alpha value is 1.06. The van der Waals surface area contributed by atoms with Crippen LogP contribution in [0.4, 0.5) is 0 Å². The van der Waals surface area contributed by atoms with E-state index in [4.69, 9.17) is 22.4 Å². The Morgan fingerprint density at radius 2 is 1.50 bits per heavy atom. The molecule has 0 radical (unpaired) electrons. The van der Waals surface area contributed by atoms with Crippen LogP contribution in [0.25, 0.3) is 0 Å². The van der Waals surface area contributed by atoms with Crippen molar-refractivity contribution in [3.63, 3.8) is 0 Å². The van der Waals surface area contributed by atoms with E-state index in [0.29, 0.717) is 11.3 Å². The molecule has 0 aliphatic carbocycles. The lowest BCUT2D eigenvalue weighted by Gasteiger charge is -2.04. The zero-order chi connectivity index (χ0) is 11.7. The number of nitrogens with one attached hydrogen (secondary N) is 2. The second-order valence-electron chi connectivity index (χ2n) is 3.28. The predicted molar refractivity (Wildman–Crippen MR) is 77.9 cm³/mol. The van der Waals surface area contributed by atoms with Gasteiger partial charge in [0.25, 0.3) is 0 Å². The van der Waals surface area contributed by atoms with Crippen molar-refractivity contribution in [1.29, 1.82) is 0 Å². The molecule has 0 amide bonds. The zero-order valence-corrected chi connectivity index (χ0v) is 13.1. The van der Waals surface area contributed by atoms with Crippen LogP contribution in [0, 0.1) is 0 Å². The maximum atomic E-state index is 4.98. The fourth-order valence-electron chi connectivity index (χ4n) is 0.568. The van der Waals surface area contributed by atoms with Crippen molar-refractivity contribution >= 4 is 41.7 Å². The summed E-state index contributed by atoms with van der Waals surface area (Å²) in [6, 6.07) is 0.533. The fraction of sp³-hybridized carbons (Fsp3) is 1.00. The summed E-state index contributed by atoms with van der Waals surface area (Å²) in [4.78, 5) is 0. The smallest absolute Gasteiger partial charge is 0.0172 e. The molecule has 0 saturated heterocycles. The van der Waals surface area contributed by atoms with Crippen molar-refractivity contribution in [2.45, 2.75) is 39.0 Å². The first-order valence-corrected chi connectivity index (χ1v) is 9.25. The summed E-state index contributed by atoms with van der Waals surface area (Å²) >= 11 is 9.85. The molecule has 14 heavy (non-hydrogen) atoms. The molecule has 0 aromatic rings. The molecular weight excluding hydrogens is 252 g/mol. The van der Waals surface area contributed by atoms with E-state index >= 15 is 0 Å². The summed E-state index contributed by atoms with van der Waals surface area (Å²) in [5.74, 6) is 0. The lowest BCUT2D eigenvalue weighted by atomic mass is 10.4. The lowest BCUT2D eigenvalue weighted by molar-refractivity contribution is 0.770. The van der Waals surface area contributed by atoms with E-state index in [1.54, 1.807) is 0 Å². The molecule has 0 heterocycles. The highest BCUT2D eigenvalue weighted by Gasteiger charge is 1.93. The molecule has 0 aromatic carbocycles. The summed E-state index contributed by atoms with van der Waals surface area (Å²) in [6.45, 7) is 8.42. The van der Waals surface area contributed by atoms with E-state index in [9.17, 15) is 0 Å². The molecule has 0 bridgehead atoms. The SMILES string of the molecule is CC(C)NS(C)=S.CNS(=S)C(C)C. The highest BCUT2D eigenvalue weighted by Crippen LogP contribution is 1.86. The Morgan fingerprint density at radius 1 is 1.07 bits per heavy atom. The van der Waals surface area contributed by atoms with Gasteiger partial charge in [-0.15, -0.1) is 0 Å². The topological polar surface area (TPSA) is 24.1 Å².